The molecule has 1 saturated heterocycles. The van der Waals surface area contributed by atoms with Gasteiger partial charge in [0.25, 0.3) is 0 Å². The Hall–Kier alpha value is -1.72. The van der Waals surface area contributed by atoms with Crippen LogP contribution in [-0.2, 0) is 16.4 Å². The largest absolute Gasteiger partial charge is 0.265 e. The number of benzene rings is 1. The van der Waals surface area contributed by atoms with Crippen molar-refractivity contribution in [2.75, 3.05) is 12.3 Å². The van der Waals surface area contributed by atoms with E-state index in [0.29, 0.717) is 13.0 Å². The highest BCUT2D eigenvalue weighted by atomic mass is 32.2. The summed E-state index contributed by atoms with van der Waals surface area (Å²) in [6.07, 6.45) is 5.81. The number of hydrogen-bond acceptors (Lipinski definition) is 3. The maximum absolute atomic E-state index is 12.7. The Morgan fingerprint density at radius 1 is 1.09 bits per heavy atom. The standard InChI is InChI=1S/C17H20N2O2S/c20-22(21,14-10-15-5-2-1-3-6-15)19-13-4-7-17(19)16-8-11-18-12-9-16/h1-3,5-6,8-9,11-12,17H,4,7,10,13-14H2/t17-/m0/s1. The monoisotopic (exact) mass is 316 g/mol. The lowest BCUT2D eigenvalue weighted by molar-refractivity contribution is 0.396. The van der Waals surface area contributed by atoms with Crippen molar-refractivity contribution in [1.29, 1.82) is 0 Å². The predicted molar refractivity (Wildman–Crippen MR) is 86.9 cm³/mol. The molecule has 1 fully saturated rings. The molecule has 0 bridgehead atoms. The molecule has 1 aromatic heterocycles. The first-order valence-corrected chi connectivity index (χ1v) is 9.21. The Labute approximate surface area is 131 Å². The first-order valence-electron chi connectivity index (χ1n) is 7.60. The lowest BCUT2D eigenvalue weighted by Gasteiger charge is -2.24. The average Bonchev–Trinajstić information content (AvgIpc) is 3.06. The summed E-state index contributed by atoms with van der Waals surface area (Å²) in [6, 6.07) is 13.6. The third-order valence-corrected chi connectivity index (χ3v) is 6.02. The Balaban J connectivity index is 1.73. The van der Waals surface area contributed by atoms with Crippen LogP contribution >= 0.6 is 0 Å². The normalized spacial score (nSPS) is 19.4. The van der Waals surface area contributed by atoms with Crippen molar-refractivity contribution in [3.63, 3.8) is 0 Å². The maximum Gasteiger partial charge on any atom is 0.214 e. The van der Waals surface area contributed by atoms with Crippen LogP contribution in [0.15, 0.2) is 54.9 Å². The van der Waals surface area contributed by atoms with Gasteiger partial charge in [-0.1, -0.05) is 30.3 Å². The summed E-state index contributed by atoms with van der Waals surface area (Å²) >= 11 is 0. The highest BCUT2D eigenvalue weighted by Crippen LogP contribution is 2.34. The number of pyridine rings is 1. The molecule has 0 radical (unpaired) electrons. The van der Waals surface area contributed by atoms with Crippen LogP contribution in [0.25, 0.3) is 0 Å². The van der Waals surface area contributed by atoms with Crippen molar-refractivity contribution in [2.24, 2.45) is 0 Å². The smallest absolute Gasteiger partial charge is 0.214 e. The third kappa shape index (κ3) is 3.36. The van der Waals surface area contributed by atoms with Crippen LogP contribution in [0.5, 0.6) is 0 Å². The zero-order valence-electron chi connectivity index (χ0n) is 12.4. The van der Waals surface area contributed by atoms with Gasteiger partial charge in [-0.2, -0.15) is 4.31 Å². The van der Waals surface area contributed by atoms with E-state index >= 15 is 0 Å². The fourth-order valence-electron chi connectivity index (χ4n) is 3.00. The Bertz CT molecular complexity index is 702. The molecule has 3 rings (SSSR count). The lowest BCUT2D eigenvalue weighted by Crippen LogP contribution is -2.33. The van der Waals surface area contributed by atoms with Crippen molar-refractivity contribution < 1.29 is 8.42 Å². The number of aryl methyl sites for hydroxylation is 1. The van der Waals surface area contributed by atoms with Gasteiger partial charge in [-0.25, -0.2) is 8.42 Å². The van der Waals surface area contributed by atoms with E-state index < -0.39 is 10.0 Å². The molecule has 0 N–H and O–H groups in total. The van der Waals surface area contributed by atoms with Crippen LogP contribution < -0.4 is 0 Å². The van der Waals surface area contributed by atoms with Gasteiger partial charge in [0.15, 0.2) is 0 Å². The first kappa shape index (κ1) is 15.2. The van der Waals surface area contributed by atoms with Crippen molar-refractivity contribution >= 4 is 10.0 Å². The summed E-state index contributed by atoms with van der Waals surface area (Å²) in [7, 11) is -3.24. The topological polar surface area (TPSA) is 50.3 Å². The van der Waals surface area contributed by atoms with Crippen LogP contribution in [0.2, 0.25) is 0 Å². The fraction of sp³-hybridized carbons (Fsp3) is 0.353. The Morgan fingerprint density at radius 3 is 2.55 bits per heavy atom. The molecule has 0 spiro atoms. The SMILES string of the molecule is O=S(=O)(CCc1ccccc1)N1CCC[C@H]1c1ccncc1. The molecule has 0 saturated carbocycles. The van der Waals surface area contributed by atoms with E-state index in [-0.39, 0.29) is 11.8 Å². The maximum atomic E-state index is 12.7. The molecule has 1 aromatic carbocycles. The molecule has 0 aliphatic carbocycles. The minimum atomic E-state index is -3.24. The Kier molecular flexibility index (Phi) is 4.55. The summed E-state index contributed by atoms with van der Waals surface area (Å²) in [6.45, 7) is 0.615. The van der Waals surface area contributed by atoms with E-state index in [0.717, 1.165) is 24.0 Å². The van der Waals surface area contributed by atoms with Gasteiger partial charge < -0.3 is 0 Å². The van der Waals surface area contributed by atoms with E-state index in [1.54, 1.807) is 16.7 Å². The zero-order valence-corrected chi connectivity index (χ0v) is 13.2. The van der Waals surface area contributed by atoms with E-state index in [4.69, 9.17) is 0 Å². The highest BCUT2D eigenvalue weighted by molar-refractivity contribution is 7.89. The second-order valence-electron chi connectivity index (χ2n) is 5.60. The van der Waals surface area contributed by atoms with Crippen LogP contribution in [0.1, 0.15) is 30.0 Å². The van der Waals surface area contributed by atoms with Crippen molar-refractivity contribution in [1.82, 2.24) is 9.29 Å². The second kappa shape index (κ2) is 6.58. The molecular formula is C17H20N2O2S. The van der Waals surface area contributed by atoms with E-state index in [1.165, 1.54) is 0 Å². The molecule has 2 heterocycles. The summed E-state index contributed by atoms with van der Waals surface area (Å²) in [5.74, 6) is 0.165. The molecule has 2 aromatic rings. The van der Waals surface area contributed by atoms with Gasteiger partial charge in [0.05, 0.1) is 5.75 Å². The van der Waals surface area contributed by atoms with Gasteiger partial charge in [0, 0.05) is 25.0 Å². The third-order valence-electron chi connectivity index (χ3n) is 4.14. The molecule has 1 aliphatic rings. The van der Waals surface area contributed by atoms with Crippen LogP contribution in [0.3, 0.4) is 0 Å². The number of aromatic nitrogens is 1. The number of nitrogens with zero attached hydrogens (tertiary/aromatic N) is 2. The summed E-state index contributed by atoms with van der Waals surface area (Å²) in [5.41, 5.74) is 2.10. The van der Waals surface area contributed by atoms with Crippen molar-refractivity contribution in [2.45, 2.75) is 25.3 Å². The molecular weight excluding hydrogens is 296 g/mol. The van der Waals surface area contributed by atoms with Gasteiger partial charge in [-0.15, -0.1) is 0 Å². The summed E-state index contributed by atoms with van der Waals surface area (Å²) < 4.78 is 27.1. The average molecular weight is 316 g/mol. The zero-order chi connectivity index (χ0) is 15.4. The van der Waals surface area contributed by atoms with Gasteiger partial charge in [-0.05, 0) is 42.5 Å². The molecule has 5 heteroatoms. The molecule has 1 aliphatic heterocycles. The van der Waals surface area contributed by atoms with Gasteiger partial charge >= 0.3 is 0 Å². The van der Waals surface area contributed by atoms with Crippen LogP contribution in [-0.4, -0.2) is 30.0 Å². The van der Waals surface area contributed by atoms with Crippen LogP contribution in [0, 0.1) is 0 Å². The van der Waals surface area contributed by atoms with Crippen LogP contribution in [0.4, 0.5) is 0 Å². The van der Waals surface area contributed by atoms with Gasteiger partial charge in [-0.3, -0.25) is 4.98 Å². The van der Waals surface area contributed by atoms with E-state index in [1.807, 2.05) is 42.5 Å². The molecule has 1 atom stereocenters. The van der Waals surface area contributed by atoms with E-state index in [9.17, 15) is 8.42 Å². The van der Waals surface area contributed by atoms with Gasteiger partial charge in [0.1, 0.15) is 0 Å². The minimum absolute atomic E-state index is 0.0382. The highest BCUT2D eigenvalue weighted by Gasteiger charge is 2.34. The van der Waals surface area contributed by atoms with Crippen molar-refractivity contribution in [3.8, 4) is 0 Å². The lowest BCUT2D eigenvalue weighted by atomic mass is 10.1. The summed E-state index contributed by atoms with van der Waals surface area (Å²) in [4.78, 5) is 4.01. The minimum Gasteiger partial charge on any atom is -0.265 e. The molecule has 4 nitrogen and oxygen atoms in total. The molecule has 22 heavy (non-hydrogen) atoms. The summed E-state index contributed by atoms with van der Waals surface area (Å²) in [5, 5.41) is 0. The number of rotatable bonds is 5. The Morgan fingerprint density at radius 2 is 1.82 bits per heavy atom. The number of hydrogen-bond donors (Lipinski definition) is 0. The first-order chi connectivity index (χ1) is 10.7. The molecule has 0 amide bonds. The quantitative estimate of drug-likeness (QED) is 0.852. The molecule has 0 unspecified atom stereocenters. The van der Waals surface area contributed by atoms with E-state index in [2.05, 4.69) is 4.98 Å². The van der Waals surface area contributed by atoms with Gasteiger partial charge in [0.2, 0.25) is 10.0 Å². The predicted octanol–water partition coefficient (Wildman–Crippen LogP) is 2.79. The molecule has 116 valence electrons. The van der Waals surface area contributed by atoms with Crippen molar-refractivity contribution in [3.05, 3.63) is 66.0 Å². The second-order valence-corrected chi connectivity index (χ2v) is 7.64. The number of sulfonamides is 1. The fourth-order valence-corrected chi connectivity index (χ4v) is 4.75.